The lowest BCUT2D eigenvalue weighted by Gasteiger charge is -2.71. The van der Waals surface area contributed by atoms with E-state index in [1.54, 1.807) is 0 Å². The van der Waals surface area contributed by atoms with Crippen molar-refractivity contribution in [3.05, 3.63) is 82.7 Å². The van der Waals surface area contributed by atoms with Crippen molar-refractivity contribution in [3.63, 3.8) is 0 Å². The van der Waals surface area contributed by atoms with Crippen LogP contribution in [0.1, 0.15) is 161 Å². The molecule has 0 radical (unpaired) electrons. The molecule has 18 atom stereocenters. The number of aliphatic hydroxyl groups is 4. The Morgan fingerprint density at radius 2 is 1.78 bits per heavy atom. The number of aryl methyl sites for hydroxylation is 1. The maximum atomic E-state index is 15.8. The Bertz CT molecular complexity index is 2620. The van der Waals surface area contributed by atoms with Crippen molar-refractivity contribution in [2.45, 2.75) is 198 Å². The number of ether oxygens (including phenoxy) is 2. The van der Waals surface area contributed by atoms with Crippen molar-refractivity contribution in [1.29, 1.82) is 0 Å². The van der Waals surface area contributed by atoms with Crippen LogP contribution in [0.3, 0.4) is 0 Å². The van der Waals surface area contributed by atoms with Gasteiger partial charge in [0.1, 0.15) is 17.8 Å². The zero-order valence-electron chi connectivity index (χ0n) is 44.5. The summed E-state index contributed by atoms with van der Waals surface area (Å²) in [6.45, 7) is 9.54. The average molecular weight is 995 g/mol. The van der Waals surface area contributed by atoms with Crippen molar-refractivity contribution in [1.82, 2.24) is 5.32 Å². The van der Waals surface area contributed by atoms with Crippen LogP contribution < -0.4 is 11.1 Å². The van der Waals surface area contributed by atoms with Crippen molar-refractivity contribution in [3.8, 4) is 11.8 Å². The van der Waals surface area contributed by atoms with Crippen molar-refractivity contribution in [2.75, 3.05) is 19.8 Å². The SMILES string of the molecule is C[C@H]1CCO[C@]([C@H]2CC[C@@]3(O)C4=CC(=O)[C@@H]5C[C@@H](O)C[C@]67[C@@H]8C#CCc9ccccc9CC[C@H](C[C@]23C)[C@@H]4[C@]56CC=C[C@H]7C[C@@]82CCC3(CCCC3)C2)([C@H]2O[C@@H]2[C@](C)(O)[C@](C)(CO)CCC2=CCNC(N)=C2)C1. The maximum Gasteiger partial charge on any atom is 0.159 e. The minimum Gasteiger partial charge on any atom is -0.396 e. The third kappa shape index (κ3) is 6.77. The van der Waals surface area contributed by atoms with Gasteiger partial charge in [0.05, 0.1) is 29.7 Å². The van der Waals surface area contributed by atoms with E-state index in [0.717, 1.165) is 62.5 Å². The third-order valence-corrected chi connectivity index (χ3v) is 24.8. The Morgan fingerprint density at radius 3 is 2.56 bits per heavy atom. The number of dihydropyridines is 1. The minimum absolute atomic E-state index is 0.0263. The van der Waals surface area contributed by atoms with E-state index in [2.05, 4.69) is 73.5 Å². The number of hydrogen-bond acceptors (Lipinski definition) is 9. The molecule has 73 heavy (non-hydrogen) atoms. The molecule has 1 aromatic carbocycles. The second-order valence-electron chi connectivity index (χ2n) is 28.0. The van der Waals surface area contributed by atoms with Gasteiger partial charge in [0.15, 0.2) is 5.78 Å². The Kier molecular flexibility index (Phi) is 11.4. The van der Waals surface area contributed by atoms with Gasteiger partial charge in [-0.25, -0.2) is 0 Å². The second kappa shape index (κ2) is 16.9. The van der Waals surface area contributed by atoms with Gasteiger partial charge >= 0.3 is 0 Å². The number of carbonyl (C=O) groups excluding carboxylic acids is 1. The highest BCUT2D eigenvalue weighted by Gasteiger charge is 2.81. The van der Waals surface area contributed by atoms with Gasteiger partial charge in [0, 0.05) is 47.7 Å². The molecule has 0 bridgehead atoms. The first-order chi connectivity index (χ1) is 34.9. The van der Waals surface area contributed by atoms with Gasteiger partial charge in [0.2, 0.25) is 0 Å². The van der Waals surface area contributed by atoms with Crippen LogP contribution in [0, 0.1) is 85.8 Å². The second-order valence-corrected chi connectivity index (χ2v) is 28.0. The lowest BCUT2D eigenvalue weighted by Crippen LogP contribution is -2.70. The molecule has 7 N–H and O–H groups in total. The van der Waals surface area contributed by atoms with Crippen LogP contribution in [0.15, 0.2) is 71.6 Å². The molecule has 394 valence electrons. The molecule has 0 unspecified atom stereocenters. The predicted octanol–water partition coefficient (Wildman–Crippen LogP) is 9.35. The predicted molar refractivity (Wildman–Crippen MR) is 282 cm³/mol. The topological polar surface area (TPSA) is 158 Å². The number of benzene rings is 1. The number of hydrogen-bond donors (Lipinski definition) is 6. The van der Waals surface area contributed by atoms with Gasteiger partial charge in [-0.15, -0.1) is 0 Å². The van der Waals surface area contributed by atoms with Gasteiger partial charge in [-0.1, -0.05) is 87.9 Å². The standard InChI is InChI=1S/C64H86N2O7/c1-40-21-30-72-63(34-40,55-54(73-55)58(4,70)56(2,39-67)25-18-41-20-29-66-52(65)31-41)50-19-26-64(71)48-33-49(69)47-32-46(68)37-62-45-14-10-24-61(47,62)53(48)44(35-57(50,64)3)17-16-43-12-6-5-11-42(43)13-9-15-51(62)60(36-45)28-27-59(38-60)22-7-8-23-59/h5-6,10-12,14,20,31,33,40,44-47,50-51,53-55,66-68,70-71H,7-8,13,16-19,21-30,32,34-39,65H2,1-4H3/t40-,44+,45-,46+,47-,50-,51+,53-,54-,55-,56-,57+,58-,60+,61-,62-,63+,64+/m0/s1. The number of ketones is 1. The van der Waals surface area contributed by atoms with Crippen molar-refractivity contribution in [2.24, 2.45) is 79.6 Å². The quantitative estimate of drug-likeness (QED) is 0.0849. The van der Waals surface area contributed by atoms with E-state index in [0.29, 0.717) is 68.8 Å². The number of carbonyl (C=O) groups is 1. The Balaban J connectivity index is 0.933. The maximum absolute atomic E-state index is 15.8. The molecule has 0 amide bonds. The van der Waals surface area contributed by atoms with Crippen molar-refractivity contribution < 1.29 is 34.7 Å². The Morgan fingerprint density at radius 1 is 0.973 bits per heavy atom. The van der Waals surface area contributed by atoms with Crippen LogP contribution in [0.2, 0.25) is 0 Å². The summed E-state index contributed by atoms with van der Waals surface area (Å²) in [5.74, 6) is 9.12. The molecule has 0 aromatic heterocycles. The number of rotatable bonds is 8. The molecule has 9 heteroatoms. The monoisotopic (exact) mass is 995 g/mol. The molecule has 3 heterocycles. The molecule has 13 rings (SSSR count). The first kappa shape index (κ1) is 49.3. The van der Waals surface area contributed by atoms with E-state index in [1.165, 1.54) is 56.1 Å². The van der Waals surface area contributed by atoms with Gasteiger partial charge in [-0.05, 0) is 203 Å². The number of nitrogens with two attached hydrogens (primary N) is 1. The lowest BCUT2D eigenvalue weighted by atomic mass is 9.32. The van der Waals surface area contributed by atoms with Gasteiger partial charge in [-0.3, -0.25) is 4.79 Å². The summed E-state index contributed by atoms with van der Waals surface area (Å²) in [5, 5.41) is 54.1. The summed E-state index contributed by atoms with van der Waals surface area (Å²) in [4.78, 5) is 15.8. The zero-order valence-corrected chi connectivity index (χ0v) is 44.5. The highest BCUT2D eigenvalue weighted by atomic mass is 16.6. The number of epoxide rings is 1. The normalized spacial score (nSPS) is 47.4. The van der Waals surface area contributed by atoms with E-state index in [1.807, 2.05) is 26.0 Å². The largest absolute Gasteiger partial charge is 0.396 e. The molecule has 9 aliphatic carbocycles. The van der Waals surface area contributed by atoms with E-state index < -0.39 is 56.8 Å². The van der Waals surface area contributed by atoms with E-state index in [9.17, 15) is 20.4 Å². The Labute approximate surface area is 435 Å². The fraction of sp³-hybridized carbons (Fsp3) is 0.734. The number of allylic oxidation sites excluding steroid dienone is 5. The molecular weight excluding hydrogens is 909 g/mol. The summed E-state index contributed by atoms with van der Waals surface area (Å²) < 4.78 is 14.3. The fourth-order valence-electron chi connectivity index (χ4n) is 21.3. The zero-order chi connectivity index (χ0) is 50.6. The van der Waals surface area contributed by atoms with Crippen LogP contribution in [0.4, 0.5) is 0 Å². The smallest absolute Gasteiger partial charge is 0.159 e. The molecule has 3 aliphatic heterocycles. The molecular formula is C64H86N2O7. The average Bonchev–Trinajstić information content (AvgIpc) is 3.70. The van der Waals surface area contributed by atoms with Gasteiger partial charge < -0.3 is 41.0 Å². The molecule has 9 nitrogen and oxygen atoms in total. The first-order valence-corrected chi connectivity index (χ1v) is 29.3. The molecule has 12 aliphatic rings. The van der Waals surface area contributed by atoms with Crippen LogP contribution in [-0.2, 0) is 27.1 Å². The molecule has 2 saturated heterocycles. The number of nitrogens with one attached hydrogen (secondary N) is 1. The fourth-order valence-corrected chi connectivity index (χ4v) is 21.3. The lowest BCUT2D eigenvalue weighted by molar-refractivity contribution is -0.225. The van der Waals surface area contributed by atoms with Crippen molar-refractivity contribution >= 4 is 5.78 Å². The van der Waals surface area contributed by atoms with E-state index in [-0.39, 0.29) is 53.3 Å². The highest BCUT2D eigenvalue weighted by Crippen LogP contribution is 2.83. The minimum atomic E-state index is -1.40. The molecule has 1 aromatic rings. The third-order valence-electron chi connectivity index (χ3n) is 24.8. The molecule has 4 spiro atoms. The van der Waals surface area contributed by atoms with Gasteiger partial charge in [-0.2, -0.15) is 0 Å². The summed E-state index contributed by atoms with van der Waals surface area (Å²) in [7, 11) is 0. The Hall–Kier alpha value is -3.23. The first-order valence-electron chi connectivity index (χ1n) is 29.3. The summed E-state index contributed by atoms with van der Waals surface area (Å²) in [5.41, 5.74) is 5.36. The van der Waals surface area contributed by atoms with Crippen LogP contribution in [-0.4, -0.2) is 81.1 Å². The summed E-state index contributed by atoms with van der Waals surface area (Å²) in [6.07, 6.45) is 28.9. The van der Waals surface area contributed by atoms with E-state index >= 15 is 4.79 Å². The summed E-state index contributed by atoms with van der Waals surface area (Å²) >= 11 is 0. The number of fused-ring (bicyclic) bond motifs is 4. The van der Waals surface area contributed by atoms with Crippen LogP contribution in [0.25, 0.3) is 0 Å². The van der Waals surface area contributed by atoms with Crippen LogP contribution >= 0.6 is 0 Å². The van der Waals surface area contributed by atoms with Crippen LogP contribution in [0.5, 0.6) is 0 Å². The summed E-state index contributed by atoms with van der Waals surface area (Å²) in [6, 6.07) is 8.98. The molecule has 6 saturated carbocycles. The number of aliphatic hydroxyl groups excluding tert-OH is 2. The molecule has 8 fully saturated rings. The highest BCUT2D eigenvalue weighted by molar-refractivity contribution is 5.95. The van der Waals surface area contributed by atoms with E-state index in [4.69, 9.17) is 15.2 Å². The van der Waals surface area contributed by atoms with Gasteiger partial charge in [0.25, 0.3) is 0 Å².